The summed E-state index contributed by atoms with van der Waals surface area (Å²) in [6.45, 7) is 5.28. The lowest BCUT2D eigenvalue weighted by Gasteiger charge is -2.14. The predicted octanol–water partition coefficient (Wildman–Crippen LogP) is 1.93. The lowest BCUT2D eigenvalue weighted by molar-refractivity contribution is -0.140. The van der Waals surface area contributed by atoms with Gasteiger partial charge in [-0.1, -0.05) is 0 Å². The van der Waals surface area contributed by atoms with Gasteiger partial charge in [0.25, 0.3) is 0 Å². The molecule has 0 saturated heterocycles. The average molecular weight is 316 g/mol. The second-order valence-electron chi connectivity index (χ2n) is 4.70. The van der Waals surface area contributed by atoms with Gasteiger partial charge in [0.15, 0.2) is 0 Å². The minimum atomic E-state index is -0.757. The van der Waals surface area contributed by atoms with Crippen LogP contribution >= 0.6 is 15.9 Å². The van der Waals surface area contributed by atoms with E-state index < -0.39 is 12.0 Å². The lowest BCUT2D eigenvalue weighted by atomic mass is 10.2. The Morgan fingerprint density at radius 3 is 2.83 bits per heavy atom. The second kappa shape index (κ2) is 5.40. The number of rotatable bonds is 6. The summed E-state index contributed by atoms with van der Waals surface area (Å²) in [6, 6.07) is -0.433. The summed E-state index contributed by atoms with van der Waals surface area (Å²) in [7, 11) is 0. The third kappa shape index (κ3) is 2.75. The molecule has 1 fully saturated rings. The van der Waals surface area contributed by atoms with Crippen molar-refractivity contribution in [2.75, 3.05) is 0 Å². The molecule has 0 radical (unpaired) electrons. The maximum Gasteiger partial charge on any atom is 0.320 e. The predicted molar refractivity (Wildman–Crippen MR) is 71.3 cm³/mol. The molecule has 0 aromatic carbocycles. The zero-order valence-electron chi connectivity index (χ0n) is 10.6. The summed E-state index contributed by atoms with van der Waals surface area (Å²) in [5.74, 6) is -0.465. The Hall–Kier alpha value is -0.880. The van der Waals surface area contributed by atoms with Gasteiger partial charge >= 0.3 is 5.97 Å². The van der Waals surface area contributed by atoms with Crippen LogP contribution < -0.4 is 5.32 Å². The van der Waals surface area contributed by atoms with Crippen molar-refractivity contribution in [3.63, 3.8) is 0 Å². The Kier molecular flexibility index (Phi) is 4.07. The molecule has 1 aromatic rings. The van der Waals surface area contributed by atoms with Crippen molar-refractivity contribution in [3.8, 4) is 0 Å². The van der Waals surface area contributed by atoms with Gasteiger partial charge < -0.3 is 5.11 Å². The summed E-state index contributed by atoms with van der Waals surface area (Å²) in [6.07, 6.45) is 2.02. The lowest BCUT2D eigenvalue weighted by Crippen LogP contribution is -2.38. The van der Waals surface area contributed by atoms with Crippen LogP contribution in [0.25, 0.3) is 0 Å². The van der Waals surface area contributed by atoms with Crippen LogP contribution in [0, 0.1) is 12.8 Å². The molecule has 1 aliphatic rings. The van der Waals surface area contributed by atoms with E-state index in [1.54, 1.807) is 0 Å². The number of aliphatic carboxylic acids is 1. The molecule has 0 aliphatic heterocycles. The highest BCUT2D eigenvalue weighted by Gasteiger charge is 2.36. The van der Waals surface area contributed by atoms with E-state index in [1.165, 1.54) is 0 Å². The van der Waals surface area contributed by atoms with Crippen LogP contribution in [-0.4, -0.2) is 26.9 Å². The number of nitrogens with zero attached hydrogens (tertiary/aromatic N) is 2. The Morgan fingerprint density at radius 2 is 2.33 bits per heavy atom. The van der Waals surface area contributed by atoms with Gasteiger partial charge in [-0.25, -0.2) is 0 Å². The van der Waals surface area contributed by atoms with E-state index in [2.05, 4.69) is 26.3 Å². The van der Waals surface area contributed by atoms with E-state index in [0.29, 0.717) is 12.5 Å². The van der Waals surface area contributed by atoms with Crippen molar-refractivity contribution >= 4 is 21.9 Å². The summed E-state index contributed by atoms with van der Waals surface area (Å²) in [4.78, 5) is 11.2. The molecule has 0 bridgehead atoms. The minimum absolute atomic E-state index is 0.292. The molecule has 2 N–H and O–H groups in total. The number of carboxylic acid groups (broad SMARTS) is 1. The molecule has 6 heteroatoms. The maximum atomic E-state index is 11.2. The van der Waals surface area contributed by atoms with Crippen LogP contribution in [0.2, 0.25) is 0 Å². The first-order valence-corrected chi connectivity index (χ1v) is 7.01. The normalized spacial score (nSPS) is 16.8. The third-order valence-electron chi connectivity index (χ3n) is 3.30. The molecule has 1 aliphatic carbocycles. The molecule has 1 aromatic heterocycles. The Balaban J connectivity index is 2.06. The van der Waals surface area contributed by atoms with Crippen LogP contribution in [-0.2, 0) is 17.9 Å². The van der Waals surface area contributed by atoms with Gasteiger partial charge in [-0.05, 0) is 48.5 Å². The van der Waals surface area contributed by atoms with Crippen molar-refractivity contribution in [2.24, 2.45) is 5.92 Å². The first kappa shape index (κ1) is 13.5. The van der Waals surface area contributed by atoms with Gasteiger partial charge in [0.05, 0.1) is 15.9 Å². The van der Waals surface area contributed by atoms with Crippen LogP contribution in [0.5, 0.6) is 0 Å². The monoisotopic (exact) mass is 315 g/mol. The fourth-order valence-electron chi connectivity index (χ4n) is 2.13. The molecule has 2 rings (SSSR count). The number of carboxylic acids is 1. The molecular formula is C12H18BrN3O2. The second-order valence-corrected chi connectivity index (χ2v) is 5.49. The van der Waals surface area contributed by atoms with Gasteiger partial charge in [-0.15, -0.1) is 0 Å². The fourth-order valence-corrected chi connectivity index (χ4v) is 2.55. The van der Waals surface area contributed by atoms with Crippen LogP contribution in [0.15, 0.2) is 4.47 Å². The van der Waals surface area contributed by atoms with E-state index in [0.717, 1.165) is 35.2 Å². The average Bonchev–Trinajstić information content (AvgIpc) is 3.11. The van der Waals surface area contributed by atoms with Gasteiger partial charge in [0.1, 0.15) is 6.04 Å². The maximum absolute atomic E-state index is 11.2. The summed E-state index contributed by atoms with van der Waals surface area (Å²) in [5.41, 5.74) is 1.95. The van der Waals surface area contributed by atoms with E-state index >= 15 is 0 Å². The number of aryl methyl sites for hydroxylation is 2. The van der Waals surface area contributed by atoms with Gasteiger partial charge in [-0.2, -0.15) is 5.10 Å². The minimum Gasteiger partial charge on any atom is -0.480 e. The summed E-state index contributed by atoms with van der Waals surface area (Å²) in [5, 5.41) is 16.7. The molecule has 0 spiro atoms. The van der Waals surface area contributed by atoms with Crippen LogP contribution in [0.4, 0.5) is 0 Å². The van der Waals surface area contributed by atoms with Gasteiger partial charge in [0, 0.05) is 13.1 Å². The molecule has 18 heavy (non-hydrogen) atoms. The Morgan fingerprint density at radius 1 is 1.67 bits per heavy atom. The van der Waals surface area contributed by atoms with Crippen molar-refractivity contribution in [1.29, 1.82) is 0 Å². The van der Waals surface area contributed by atoms with E-state index in [9.17, 15) is 4.79 Å². The first-order valence-electron chi connectivity index (χ1n) is 6.22. The Labute approximate surface area is 115 Å². The van der Waals surface area contributed by atoms with Crippen LogP contribution in [0.1, 0.15) is 31.2 Å². The molecule has 1 atom stereocenters. The smallest absolute Gasteiger partial charge is 0.320 e. The van der Waals surface area contributed by atoms with Gasteiger partial charge in [-0.3, -0.25) is 14.8 Å². The summed E-state index contributed by atoms with van der Waals surface area (Å²) >= 11 is 3.51. The molecule has 1 saturated carbocycles. The number of nitrogens with one attached hydrogen (secondary N) is 1. The highest BCUT2D eigenvalue weighted by molar-refractivity contribution is 9.10. The van der Waals surface area contributed by atoms with E-state index in [-0.39, 0.29) is 0 Å². The number of hydrogen-bond acceptors (Lipinski definition) is 3. The molecule has 5 nitrogen and oxygen atoms in total. The third-order valence-corrected chi connectivity index (χ3v) is 4.33. The fraction of sp³-hybridized carbons (Fsp3) is 0.667. The van der Waals surface area contributed by atoms with Crippen molar-refractivity contribution in [3.05, 3.63) is 15.9 Å². The SMILES string of the molecule is CCn1nc(C)c(Br)c1CNC(C(=O)O)C1CC1. The van der Waals surface area contributed by atoms with E-state index in [4.69, 9.17) is 5.11 Å². The van der Waals surface area contributed by atoms with Crippen molar-refractivity contribution < 1.29 is 9.90 Å². The largest absolute Gasteiger partial charge is 0.480 e. The number of carbonyl (C=O) groups is 1. The summed E-state index contributed by atoms with van der Waals surface area (Å²) < 4.78 is 2.87. The van der Waals surface area contributed by atoms with E-state index in [1.807, 2.05) is 18.5 Å². The number of aromatic nitrogens is 2. The number of hydrogen-bond donors (Lipinski definition) is 2. The standard InChI is InChI=1S/C12H18BrN3O2/c1-3-16-9(10(13)7(2)15-16)6-14-11(12(17)18)8-4-5-8/h8,11,14H,3-6H2,1-2H3,(H,17,18). The Bertz CT molecular complexity index is 454. The first-order chi connectivity index (χ1) is 8.54. The highest BCUT2D eigenvalue weighted by atomic mass is 79.9. The van der Waals surface area contributed by atoms with Gasteiger partial charge in [0.2, 0.25) is 0 Å². The molecule has 0 amide bonds. The number of halogens is 1. The quantitative estimate of drug-likeness (QED) is 0.841. The molecular weight excluding hydrogens is 298 g/mol. The zero-order valence-corrected chi connectivity index (χ0v) is 12.2. The highest BCUT2D eigenvalue weighted by Crippen LogP contribution is 2.33. The zero-order chi connectivity index (χ0) is 13.3. The van der Waals surface area contributed by atoms with Crippen LogP contribution in [0.3, 0.4) is 0 Å². The topological polar surface area (TPSA) is 67.2 Å². The molecule has 1 unspecified atom stereocenters. The van der Waals surface area contributed by atoms with Crippen molar-refractivity contribution in [1.82, 2.24) is 15.1 Å². The molecule has 100 valence electrons. The van der Waals surface area contributed by atoms with Crippen molar-refractivity contribution in [2.45, 2.75) is 45.8 Å². The molecule has 1 heterocycles.